The van der Waals surface area contributed by atoms with Gasteiger partial charge in [-0.15, -0.1) is 0 Å². The number of hydrogen-bond donors (Lipinski definition) is 7. The monoisotopic (exact) mass is 657 g/mol. The van der Waals surface area contributed by atoms with Gasteiger partial charge in [-0.2, -0.15) is 0 Å². The highest BCUT2D eigenvalue weighted by Crippen LogP contribution is 2.53. The predicted octanol–water partition coefficient (Wildman–Crippen LogP) is -0.0413. The van der Waals surface area contributed by atoms with Crippen LogP contribution in [0.1, 0.15) is 70.6 Å². The summed E-state index contributed by atoms with van der Waals surface area (Å²) in [6, 6.07) is -0.241. The maximum absolute atomic E-state index is 13.8. The predicted molar refractivity (Wildman–Crippen MR) is 160 cm³/mol. The van der Waals surface area contributed by atoms with Gasteiger partial charge in [-0.05, 0) is 20.4 Å². The van der Waals surface area contributed by atoms with Crippen LogP contribution in [0.15, 0.2) is 23.0 Å². The Bertz CT molecular complexity index is 1590. The van der Waals surface area contributed by atoms with Gasteiger partial charge in [0.1, 0.15) is 29.0 Å². The van der Waals surface area contributed by atoms with Crippen molar-refractivity contribution >= 4 is 17.5 Å². The Balaban J connectivity index is 1.29. The number of rotatable bonds is 6. The molecule has 7 rings (SSSR count). The second-order valence-corrected chi connectivity index (χ2v) is 12.9. The lowest BCUT2D eigenvalue weighted by Gasteiger charge is -2.43. The van der Waals surface area contributed by atoms with E-state index in [1.807, 2.05) is 4.90 Å². The van der Waals surface area contributed by atoms with Crippen molar-refractivity contribution < 1.29 is 58.9 Å². The van der Waals surface area contributed by atoms with Crippen molar-refractivity contribution in [3.05, 3.63) is 45.2 Å². The number of Topliss-reactive ketones (excluding diaryl/α,β-unsaturated/α-hetero) is 2. The summed E-state index contributed by atoms with van der Waals surface area (Å²) in [4.78, 5) is 42.8. The average Bonchev–Trinajstić information content (AvgIpc) is 3.42. The molecule has 15 heteroatoms. The molecule has 0 radical (unpaired) electrons. The molecule has 6 aliphatic rings. The molecule has 3 aliphatic carbocycles. The zero-order valence-electron chi connectivity index (χ0n) is 26.0. The molecular formula is C32H39N3O12. The third-order valence-corrected chi connectivity index (χ3v) is 10.1. The number of benzene rings is 1. The molecule has 15 nitrogen and oxygen atoms in total. The first-order valence-corrected chi connectivity index (χ1v) is 15.9. The summed E-state index contributed by atoms with van der Waals surface area (Å²) in [5, 5.41) is 61.7. The second kappa shape index (κ2) is 11.9. The number of nitrogens with one attached hydrogen (secondary N) is 2. The normalized spacial score (nSPS) is 35.0. The molecule has 254 valence electrons. The number of phenols is 2. The van der Waals surface area contributed by atoms with E-state index in [0.717, 1.165) is 0 Å². The van der Waals surface area contributed by atoms with Crippen LogP contribution in [0.4, 0.5) is 0 Å². The minimum Gasteiger partial charge on any atom is -0.512 e. The van der Waals surface area contributed by atoms with Gasteiger partial charge >= 0.3 is 0 Å². The Morgan fingerprint density at radius 3 is 2.66 bits per heavy atom. The Morgan fingerprint density at radius 1 is 1.13 bits per heavy atom. The van der Waals surface area contributed by atoms with Crippen LogP contribution in [0.3, 0.4) is 0 Å². The Hall–Kier alpha value is -3.41. The number of carbonyl (C=O) groups is 3. The molecule has 1 aromatic rings. The highest BCUT2D eigenvalue weighted by Gasteiger charge is 2.55. The van der Waals surface area contributed by atoms with E-state index in [1.165, 1.54) is 6.08 Å². The summed E-state index contributed by atoms with van der Waals surface area (Å²) in [5.74, 6) is -3.91. The van der Waals surface area contributed by atoms with Crippen LogP contribution in [-0.2, 0) is 30.2 Å². The van der Waals surface area contributed by atoms with Gasteiger partial charge in [0.05, 0.1) is 35.5 Å². The van der Waals surface area contributed by atoms with Crippen molar-refractivity contribution in [3.8, 4) is 11.5 Å². The number of ether oxygens (including phenoxy) is 4. The van der Waals surface area contributed by atoms with Crippen LogP contribution >= 0.6 is 0 Å². The van der Waals surface area contributed by atoms with Crippen LogP contribution in [0.2, 0.25) is 0 Å². The highest BCUT2D eigenvalue weighted by molar-refractivity contribution is 6.33. The molecule has 7 N–H and O–H groups in total. The zero-order valence-corrected chi connectivity index (χ0v) is 26.0. The van der Waals surface area contributed by atoms with Gasteiger partial charge in [0.2, 0.25) is 5.78 Å². The summed E-state index contributed by atoms with van der Waals surface area (Å²) in [7, 11) is 1.71. The summed E-state index contributed by atoms with van der Waals surface area (Å²) < 4.78 is 24.0. The third-order valence-electron chi connectivity index (χ3n) is 10.1. The number of likely N-dealkylation sites (N-methyl/N-ethyl adjacent to an activating group) is 1. The number of morpholine rings is 1. The largest absolute Gasteiger partial charge is 0.512 e. The number of aromatic hydroxyl groups is 2. The molecule has 3 saturated heterocycles. The lowest BCUT2D eigenvalue weighted by Crippen LogP contribution is -2.55. The zero-order chi connectivity index (χ0) is 33.4. The molecule has 0 bridgehead atoms. The van der Waals surface area contributed by atoms with Gasteiger partial charge in [-0.25, -0.2) is 0 Å². The fourth-order valence-electron chi connectivity index (χ4n) is 7.87. The number of hydrogen-bond acceptors (Lipinski definition) is 14. The Morgan fingerprint density at radius 2 is 1.89 bits per heavy atom. The van der Waals surface area contributed by atoms with Crippen molar-refractivity contribution in [1.82, 2.24) is 15.5 Å². The number of carbonyl (C=O) groups excluding carboxylic acids is 3. The molecule has 1 amide bonds. The lowest BCUT2D eigenvalue weighted by molar-refractivity contribution is -0.252. The van der Waals surface area contributed by atoms with Gasteiger partial charge in [-0.1, -0.05) is 6.08 Å². The van der Waals surface area contributed by atoms with Crippen molar-refractivity contribution in [1.29, 1.82) is 0 Å². The van der Waals surface area contributed by atoms with E-state index >= 15 is 0 Å². The topological polar surface area (TPSA) is 217 Å². The number of aliphatic hydroxyl groups excluding tert-OH is 2. The van der Waals surface area contributed by atoms with Crippen molar-refractivity contribution in [3.63, 3.8) is 0 Å². The van der Waals surface area contributed by atoms with E-state index in [-0.39, 0.29) is 59.9 Å². The average molecular weight is 658 g/mol. The van der Waals surface area contributed by atoms with Crippen LogP contribution in [-0.4, -0.2) is 124 Å². The number of amides is 1. The number of aliphatic hydroxyl groups is 3. The lowest BCUT2D eigenvalue weighted by atomic mass is 9.71. The smallest absolute Gasteiger partial charge is 0.252 e. The molecule has 1 aromatic carbocycles. The standard InChI is InChI=1S/C32H39N3O12/c1-13-28-16(35-8-9-44-30(41)29(35)47-28)10-19(45-13)46-18-12-32(43,31(42)34-7-6-33-2)11-15-21(18)27(40)23-22(25(15)38)24(37)14-4-3-5-17(36)20(14)26(23)39/h4,13,16,18-19,28-30,33,36,38,40-41,43H,3,5-12H2,1-2H3,(H,34,42)/t13-,16-,18-,19-,28+,29+,30-,32?/m0/s1. The molecule has 8 atom stereocenters. The van der Waals surface area contributed by atoms with Gasteiger partial charge < -0.3 is 55.1 Å². The molecule has 47 heavy (non-hydrogen) atoms. The quantitative estimate of drug-likeness (QED) is 0.158. The minimum absolute atomic E-state index is 0.0563. The summed E-state index contributed by atoms with van der Waals surface area (Å²) in [6.45, 7) is 3.19. The molecule has 0 aromatic heterocycles. The molecule has 0 spiro atoms. The molecule has 1 unspecified atom stereocenters. The fraction of sp³-hybridized carbons (Fsp3) is 0.594. The minimum atomic E-state index is -2.14. The van der Waals surface area contributed by atoms with Crippen LogP contribution in [0, 0.1) is 0 Å². The van der Waals surface area contributed by atoms with Crippen molar-refractivity contribution in [2.24, 2.45) is 0 Å². The first-order valence-electron chi connectivity index (χ1n) is 15.9. The maximum Gasteiger partial charge on any atom is 0.252 e. The fourth-order valence-corrected chi connectivity index (χ4v) is 7.87. The molecule has 3 aliphatic heterocycles. The van der Waals surface area contributed by atoms with E-state index in [1.54, 1.807) is 14.0 Å². The van der Waals surface area contributed by atoms with Gasteiger partial charge in [0, 0.05) is 68.1 Å². The van der Waals surface area contributed by atoms with Crippen LogP contribution in [0.5, 0.6) is 11.5 Å². The van der Waals surface area contributed by atoms with E-state index in [4.69, 9.17) is 18.9 Å². The Kier molecular flexibility index (Phi) is 8.16. The van der Waals surface area contributed by atoms with Crippen molar-refractivity contribution in [2.75, 3.05) is 33.3 Å². The summed E-state index contributed by atoms with van der Waals surface area (Å²) in [6.07, 6.45) is -3.66. The number of fused-ring (bicyclic) bond motifs is 6. The maximum atomic E-state index is 13.8. The number of phenolic OH excluding ortho intramolecular Hbond substituents is 2. The Labute approximate surface area is 269 Å². The van der Waals surface area contributed by atoms with E-state index in [2.05, 4.69) is 10.6 Å². The number of allylic oxidation sites excluding steroid dienone is 4. The van der Waals surface area contributed by atoms with E-state index in [0.29, 0.717) is 26.1 Å². The summed E-state index contributed by atoms with van der Waals surface area (Å²) >= 11 is 0. The third kappa shape index (κ3) is 5.07. The van der Waals surface area contributed by atoms with Crippen molar-refractivity contribution in [2.45, 2.75) is 87.8 Å². The van der Waals surface area contributed by atoms with Crippen LogP contribution < -0.4 is 10.6 Å². The number of nitrogens with zero attached hydrogens (tertiary/aromatic N) is 1. The number of ketones is 2. The first kappa shape index (κ1) is 32.2. The van der Waals surface area contributed by atoms with Gasteiger partial charge in [0.25, 0.3) is 5.91 Å². The molecule has 3 heterocycles. The van der Waals surface area contributed by atoms with E-state index < -0.39 is 89.2 Å². The van der Waals surface area contributed by atoms with E-state index in [9.17, 15) is 39.9 Å². The second-order valence-electron chi connectivity index (χ2n) is 12.9. The molecular weight excluding hydrogens is 618 g/mol. The highest BCUT2D eigenvalue weighted by atomic mass is 16.7. The van der Waals surface area contributed by atoms with Gasteiger partial charge in [0.15, 0.2) is 24.6 Å². The molecule has 3 fully saturated rings. The van der Waals surface area contributed by atoms with Gasteiger partial charge in [-0.3, -0.25) is 19.3 Å². The first-order chi connectivity index (χ1) is 22.4. The summed E-state index contributed by atoms with van der Waals surface area (Å²) in [5.41, 5.74) is -3.54. The molecule has 0 saturated carbocycles. The SMILES string of the molecule is CNCCNC(=O)C1(O)Cc2c(O)c3c(c(O)c2[C@@H](O[C@H]2C[C@H]4[C@H](O[C@@H]5[C@@H](O)OCCN54)[C@H](C)O2)C1)C(=O)C1=C(O)CCC=C1C3=O. The van der Waals surface area contributed by atoms with Crippen LogP contribution in [0.25, 0.3) is 0 Å².